The fourth-order valence-corrected chi connectivity index (χ4v) is 4.62. The van der Waals surface area contributed by atoms with E-state index in [-0.39, 0.29) is 6.04 Å². The standard InChI is InChI=1S/C25H22N6/c1-31-12-7-16-5-6-17(13-23(16)31)19-14-18(15-22-24(19)28-10-9-27-22)30-21-4-2-3-20-25(21)29-11-8-26-20/h5-15,21,30H,2-4H2,1H3. The molecule has 1 aliphatic rings. The van der Waals surface area contributed by atoms with Gasteiger partial charge in [0.2, 0.25) is 0 Å². The molecule has 2 aromatic carbocycles. The molecule has 152 valence electrons. The minimum atomic E-state index is 0.148. The molecule has 0 spiro atoms. The summed E-state index contributed by atoms with van der Waals surface area (Å²) in [5.41, 5.74) is 8.37. The van der Waals surface area contributed by atoms with Crippen LogP contribution >= 0.6 is 0 Å². The molecule has 3 aromatic heterocycles. The van der Waals surface area contributed by atoms with Crippen LogP contribution in [0.3, 0.4) is 0 Å². The first-order valence-corrected chi connectivity index (χ1v) is 10.6. The molecule has 0 bridgehead atoms. The Morgan fingerprint density at radius 3 is 2.77 bits per heavy atom. The van der Waals surface area contributed by atoms with Gasteiger partial charge in [0.05, 0.1) is 28.5 Å². The minimum absolute atomic E-state index is 0.148. The molecule has 3 heterocycles. The van der Waals surface area contributed by atoms with Gasteiger partial charge in [-0.2, -0.15) is 0 Å². The third-order valence-corrected chi connectivity index (χ3v) is 6.16. The lowest BCUT2D eigenvalue weighted by molar-refractivity contribution is 0.570. The third kappa shape index (κ3) is 3.11. The van der Waals surface area contributed by atoms with E-state index in [1.807, 2.05) is 0 Å². The van der Waals surface area contributed by atoms with Gasteiger partial charge in [-0.25, -0.2) is 0 Å². The van der Waals surface area contributed by atoms with Gasteiger partial charge in [0.1, 0.15) is 0 Å². The maximum Gasteiger partial charge on any atom is 0.0966 e. The van der Waals surface area contributed by atoms with Gasteiger partial charge in [0, 0.05) is 54.8 Å². The van der Waals surface area contributed by atoms with E-state index in [4.69, 9.17) is 0 Å². The molecule has 0 aliphatic heterocycles. The quantitative estimate of drug-likeness (QED) is 0.453. The summed E-state index contributed by atoms with van der Waals surface area (Å²) in [6.45, 7) is 0. The minimum Gasteiger partial charge on any atom is -0.377 e. The normalized spacial score (nSPS) is 15.8. The van der Waals surface area contributed by atoms with Gasteiger partial charge in [-0.05, 0) is 54.5 Å². The highest BCUT2D eigenvalue weighted by Crippen LogP contribution is 2.35. The van der Waals surface area contributed by atoms with E-state index in [1.54, 1.807) is 24.8 Å². The van der Waals surface area contributed by atoms with Crippen LogP contribution in [0.25, 0.3) is 33.1 Å². The largest absolute Gasteiger partial charge is 0.377 e. The van der Waals surface area contributed by atoms with Crippen LogP contribution in [0.15, 0.2) is 67.4 Å². The predicted octanol–water partition coefficient (Wildman–Crippen LogP) is 5.07. The number of nitrogens with zero attached hydrogens (tertiary/aromatic N) is 5. The molecular weight excluding hydrogens is 384 g/mol. The number of aromatic nitrogens is 5. The molecule has 0 saturated heterocycles. The van der Waals surface area contributed by atoms with Crippen molar-refractivity contribution in [3.05, 3.63) is 78.8 Å². The van der Waals surface area contributed by atoms with Crippen molar-refractivity contribution in [1.29, 1.82) is 0 Å². The van der Waals surface area contributed by atoms with Crippen molar-refractivity contribution in [2.45, 2.75) is 25.3 Å². The Morgan fingerprint density at radius 1 is 0.935 bits per heavy atom. The zero-order chi connectivity index (χ0) is 20.8. The Labute approximate surface area is 180 Å². The third-order valence-electron chi connectivity index (χ3n) is 6.16. The van der Waals surface area contributed by atoms with Gasteiger partial charge in [-0.1, -0.05) is 12.1 Å². The molecule has 1 N–H and O–H groups in total. The molecule has 6 rings (SSSR count). The molecule has 1 atom stereocenters. The SMILES string of the molecule is Cn1ccc2ccc(-c3cc(NC4CCCc5nccnc54)cc4nccnc34)cc21. The van der Waals surface area contributed by atoms with Crippen LogP contribution in [0, 0.1) is 0 Å². The zero-order valence-corrected chi connectivity index (χ0v) is 17.3. The van der Waals surface area contributed by atoms with E-state index in [0.717, 1.165) is 58.5 Å². The maximum absolute atomic E-state index is 4.65. The van der Waals surface area contributed by atoms with Crippen molar-refractivity contribution in [3.63, 3.8) is 0 Å². The topological polar surface area (TPSA) is 68.5 Å². The molecular formula is C25H22N6. The number of nitrogens with one attached hydrogen (secondary N) is 1. The lowest BCUT2D eigenvalue weighted by Crippen LogP contribution is -2.20. The zero-order valence-electron chi connectivity index (χ0n) is 17.3. The fraction of sp³-hybridized carbons (Fsp3) is 0.200. The molecule has 0 radical (unpaired) electrons. The van der Waals surface area contributed by atoms with Crippen molar-refractivity contribution in [3.8, 4) is 11.1 Å². The monoisotopic (exact) mass is 406 g/mol. The second-order valence-corrected chi connectivity index (χ2v) is 8.13. The second-order valence-electron chi connectivity index (χ2n) is 8.13. The Hall–Kier alpha value is -3.80. The van der Waals surface area contributed by atoms with Crippen LogP contribution in [0.5, 0.6) is 0 Å². The molecule has 1 aliphatic carbocycles. The molecule has 0 amide bonds. The highest BCUT2D eigenvalue weighted by molar-refractivity contribution is 5.97. The lowest BCUT2D eigenvalue weighted by atomic mass is 9.94. The van der Waals surface area contributed by atoms with Crippen LogP contribution in [0.1, 0.15) is 30.3 Å². The summed E-state index contributed by atoms with van der Waals surface area (Å²) < 4.78 is 2.15. The number of benzene rings is 2. The molecule has 0 fully saturated rings. The van der Waals surface area contributed by atoms with E-state index in [2.05, 4.69) is 79.5 Å². The van der Waals surface area contributed by atoms with Crippen molar-refractivity contribution in [2.75, 3.05) is 5.32 Å². The lowest BCUT2D eigenvalue weighted by Gasteiger charge is -2.25. The number of hydrogen-bond donors (Lipinski definition) is 1. The summed E-state index contributed by atoms with van der Waals surface area (Å²) in [4.78, 5) is 18.4. The molecule has 6 heteroatoms. The van der Waals surface area contributed by atoms with Crippen LogP contribution < -0.4 is 5.32 Å². The van der Waals surface area contributed by atoms with E-state index < -0.39 is 0 Å². The van der Waals surface area contributed by atoms with Gasteiger partial charge in [-0.3, -0.25) is 19.9 Å². The van der Waals surface area contributed by atoms with Crippen molar-refractivity contribution < 1.29 is 0 Å². The van der Waals surface area contributed by atoms with Crippen LogP contribution in [0.2, 0.25) is 0 Å². The number of rotatable bonds is 3. The van der Waals surface area contributed by atoms with Crippen LogP contribution in [-0.4, -0.2) is 24.5 Å². The molecule has 5 aromatic rings. The van der Waals surface area contributed by atoms with Crippen LogP contribution in [0.4, 0.5) is 5.69 Å². The predicted molar refractivity (Wildman–Crippen MR) is 123 cm³/mol. The maximum atomic E-state index is 4.65. The van der Waals surface area contributed by atoms with Crippen molar-refractivity contribution in [2.24, 2.45) is 7.05 Å². The summed E-state index contributed by atoms with van der Waals surface area (Å²) in [6.07, 6.45) is 12.3. The average molecular weight is 406 g/mol. The number of fused-ring (bicyclic) bond motifs is 3. The summed E-state index contributed by atoms with van der Waals surface area (Å²) in [7, 11) is 2.07. The van der Waals surface area contributed by atoms with Gasteiger partial charge in [0.15, 0.2) is 0 Å². The van der Waals surface area contributed by atoms with E-state index in [9.17, 15) is 0 Å². The Bertz CT molecular complexity index is 1420. The number of hydrogen-bond acceptors (Lipinski definition) is 5. The van der Waals surface area contributed by atoms with Gasteiger partial charge >= 0.3 is 0 Å². The van der Waals surface area contributed by atoms with Crippen LogP contribution in [-0.2, 0) is 13.5 Å². The van der Waals surface area contributed by atoms with E-state index in [1.165, 1.54) is 10.9 Å². The molecule has 6 nitrogen and oxygen atoms in total. The Morgan fingerprint density at radius 2 is 1.81 bits per heavy atom. The number of anilines is 1. The average Bonchev–Trinajstić information content (AvgIpc) is 3.19. The Kier molecular flexibility index (Phi) is 4.16. The first-order chi connectivity index (χ1) is 15.3. The van der Waals surface area contributed by atoms with Crippen molar-refractivity contribution in [1.82, 2.24) is 24.5 Å². The number of aryl methyl sites for hydroxylation is 2. The first kappa shape index (κ1) is 18.0. The van der Waals surface area contributed by atoms with Gasteiger partial charge < -0.3 is 9.88 Å². The molecule has 31 heavy (non-hydrogen) atoms. The smallest absolute Gasteiger partial charge is 0.0966 e. The Balaban J connectivity index is 1.47. The summed E-state index contributed by atoms with van der Waals surface area (Å²) >= 11 is 0. The van der Waals surface area contributed by atoms with Gasteiger partial charge in [-0.15, -0.1) is 0 Å². The summed E-state index contributed by atoms with van der Waals surface area (Å²) in [5.74, 6) is 0. The van der Waals surface area contributed by atoms with E-state index in [0.29, 0.717) is 0 Å². The molecule has 0 saturated carbocycles. The second kappa shape index (κ2) is 7.16. The fourth-order valence-electron chi connectivity index (χ4n) is 4.62. The molecule has 1 unspecified atom stereocenters. The first-order valence-electron chi connectivity index (χ1n) is 10.6. The van der Waals surface area contributed by atoms with E-state index >= 15 is 0 Å². The summed E-state index contributed by atoms with van der Waals surface area (Å²) in [6, 6.07) is 13.1. The highest BCUT2D eigenvalue weighted by atomic mass is 15.0. The van der Waals surface area contributed by atoms with Crippen molar-refractivity contribution >= 4 is 27.6 Å². The van der Waals surface area contributed by atoms with Gasteiger partial charge in [0.25, 0.3) is 0 Å². The highest BCUT2D eigenvalue weighted by Gasteiger charge is 2.23. The summed E-state index contributed by atoms with van der Waals surface area (Å²) in [5, 5.41) is 4.94.